The molecule has 2 rings (SSSR count). The zero-order valence-corrected chi connectivity index (χ0v) is 15.3. The van der Waals surface area contributed by atoms with Crippen LogP contribution in [0.5, 0.6) is 34.5 Å². The maximum Gasteiger partial charge on any atom is 0.200 e. The molecule has 0 spiro atoms. The molecular weight excluding hydrogens is 368 g/mol. The smallest absolute Gasteiger partial charge is 0.200 e. The van der Waals surface area contributed by atoms with Crippen LogP contribution in [0.25, 0.3) is 0 Å². The van der Waals surface area contributed by atoms with Gasteiger partial charge in [-0.1, -0.05) is 0 Å². The van der Waals surface area contributed by atoms with E-state index in [1.807, 2.05) is 0 Å². The number of phenols is 6. The molecule has 8 heteroatoms. The summed E-state index contributed by atoms with van der Waals surface area (Å²) in [7, 11) is 0. The average Bonchev–Trinajstić information content (AvgIpc) is 2.65. The standard InChI is InChI=1S/C20H26O8/c21-3-1-2-13(4-11-6-15(23)19(27)16(24)7-11)14(10-22)5-12-8-17(25)20(28)18(26)9-12/h6-9,13-14,21-28H,1-5,10H2/t13-,14+/m0/s1. The lowest BCUT2D eigenvalue weighted by Crippen LogP contribution is -2.23. The summed E-state index contributed by atoms with van der Waals surface area (Å²) in [4.78, 5) is 0. The van der Waals surface area contributed by atoms with Gasteiger partial charge in [0.15, 0.2) is 34.5 Å². The maximum absolute atomic E-state index is 9.91. The minimum absolute atomic E-state index is 0.0402. The van der Waals surface area contributed by atoms with Crippen LogP contribution in [0.3, 0.4) is 0 Å². The minimum atomic E-state index is -0.615. The van der Waals surface area contributed by atoms with Crippen molar-refractivity contribution < 1.29 is 40.9 Å². The van der Waals surface area contributed by atoms with E-state index in [2.05, 4.69) is 0 Å². The second-order valence-corrected chi connectivity index (χ2v) is 6.94. The summed E-state index contributed by atoms with van der Waals surface area (Å²) >= 11 is 0. The van der Waals surface area contributed by atoms with Crippen LogP contribution in [0.2, 0.25) is 0 Å². The Labute approximate surface area is 162 Å². The monoisotopic (exact) mass is 394 g/mol. The van der Waals surface area contributed by atoms with Crippen molar-refractivity contribution in [1.82, 2.24) is 0 Å². The first kappa shape index (κ1) is 21.5. The third kappa shape index (κ3) is 5.11. The fourth-order valence-corrected chi connectivity index (χ4v) is 3.40. The SMILES string of the molecule is OCCC[C@@H](Cc1cc(O)c(O)c(O)c1)[C@@H](CO)Cc1cc(O)c(O)c(O)c1. The molecule has 8 nitrogen and oxygen atoms in total. The molecule has 2 aromatic rings. The van der Waals surface area contributed by atoms with Gasteiger partial charge in [0.25, 0.3) is 0 Å². The molecule has 0 aliphatic rings. The Morgan fingerprint density at radius 2 is 1.00 bits per heavy atom. The predicted molar refractivity (Wildman–Crippen MR) is 101 cm³/mol. The van der Waals surface area contributed by atoms with E-state index >= 15 is 0 Å². The van der Waals surface area contributed by atoms with Crippen molar-refractivity contribution in [1.29, 1.82) is 0 Å². The lowest BCUT2D eigenvalue weighted by Gasteiger charge is -2.26. The highest BCUT2D eigenvalue weighted by molar-refractivity contribution is 5.52. The second-order valence-electron chi connectivity index (χ2n) is 6.94. The van der Waals surface area contributed by atoms with Gasteiger partial charge in [0.1, 0.15) is 0 Å². The van der Waals surface area contributed by atoms with Gasteiger partial charge in [0.2, 0.25) is 0 Å². The highest BCUT2D eigenvalue weighted by Gasteiger charge is 2.23. The van der Waals surface area contributed by atoms with Gasteiger partial charge in [-0.2, -0.15) is 0 Å². The van der Waals surface area contributed by atoms with Gasteiger partial charge in [0.05, 0.1) is 0 Å². The van der Waals surface area contributed by atoms with Gasteiger partial charge in [-0.25, -0.2) is 0 Å². The third-order valence-electron chi connectivity index (χ3n) is 4.89. The molecule has 2 atom stereocenters. The first-order valence-corrected chi connectivity index (χ1v) is 8.96. The lowest BCUT2D eigenvalue weighted by molar-refractivity contribution is 0.158. The summed E-state index contributed by atoms with van der Waals surface area (Å²) < 4.78 is 0. The molecule has 0 saturated carbocycles. The minimum Gasteiger partial charge on any atom is -0.504 e. The van der Waals surface area contributed by atoms with Crippen LogP contribution < -0.4 is 0 Å². The predicted octanol–water partition coefficient (Wildman–Crippen LogP) is 1.70. The van der Waals surface area contributed by atoms with Crippen LogP contribution in [-0.2, 0) is 12.8 Å². The molecule has 28 heavy (non-hydrogen) atoms. The number of aliphatic hydroxyl groups is 2. The van der Waals surface area contributed by atoms with E-state index in [1.54, 1.807) is 0 Å². The first-order chi connectivity index (χ1) is 13.3. The van der Waals surface area contributed by atoms with Gasteiger partial charge in [-0.15, -0.1) is 0 Å². The number of benzene rings is 2. The zero-order chi connectivity index (χ0) is 20.8. The average molecular weight is 394 g/mol. The molecule has 0 saturated heterocycles. The number of aliphatic hydroxyl groups excluding tert-OH is 2. The van der Waals surface area contributed by atoms with Gasteiger partial charge >= 0.3 is 0 Å². The summed E-state index contributed by atoms with van der Waals surface area (Å²) in [5, 5.41) is 76.8. The van der Waals surface area contributed by atoms with Crippen molar-refractivity contribution in [2.45, 2.75) is 25.7 Å². The van der Waals surface area contributed by atoms with Crippen LogP contribution in [0, 0.1) is 11.8 Å². The van der Waals surface area contributed by atoms with Crippen molar-refractivity contribution in [2.75, 3.05) is 13.2 Å². The Balaban J connectivity index is 2.26. The quantitative estimate of drug-likeness (QED) is 0.298. The molecule has 0 aliphatic heterocycles. The van der Waals surface area contributed by atoms with Crippen LogP contribution in [-0.4, -0.2) is 54.1 Å². The highest BCUT2D eigenvalue weighted by atomic mass is 16.3. The van der Waals surface area contributed by atoms with Crippen molar-refractivity contribution in [3.8, 4) is 34.5 Å². The fraction of sp³-hybridized carbons (Fsp3) is 0.400. The Morgan fingerprint density at radius 3 is 1.36 bits per heavy atom. The molecule has 0 unspecified atom stereocenters. The highest BCUT2D eigenvalue weighted by Crippen LogP contribution is 2.39. The van der Waals surface area contributed by atoms with Gasteiger partial charge < -0.3 is 40.9 Å². The van der Waals surface area contributed by atoms with E-state index in [-0.39, 0.29) is 31.5 Å². The van der Waals surface area contributed by atoms with Gasteiger partial charge in [0, 0.05) is 13.2 Å². The molecule has 0 heterocycles. The molecule has 0 aliphatic carbocycles. The van der Waals surface area contributed by atoms with Crippen molar-refractivity contribution in [3.05, 3.63) is 35.4 Å². The number of hydrogen-bond acceptors (Lipinski definition) is 8. The number of hydrogen-bond donors (Lipinski definition) is 8. The molecule has 154 valence electrons. The van der Waals surface area contributed by atoms with E-state index in [1.165, 1.54) is 24.3 Å². The molecule has 2 aromatic carbocycles. The first-order valence-electron chi connectivity index (χ1n) is 8.96. The number of aromatic hydroxyl groups is 6. The van der Waals surface area contributed by atoms with E-state index < -0.39 is 34.5 Å². The summed E-state index contributed by atoms with van der Waals surface area (Å²) in [6, 6.07) is 5.26. The van der Waals surface area contributed by atoms with Crippen LogP contribution >= 0.6 is 0 Å². The van der Waals surface area contributed by atoms with Crippen molar-refractivity contribution in [2.24, 2.45) is 11.8 Å². The summed E-state index contributed by atoms with van der Waals surface area (Å²) in [5.74, 6) is -3.55. The van der Waals surface area contributed by atoms with Gasteiger partial charge in [-0.3, -0.25) is 0 Å². The topological polar surface area (TPSA) is 162 Å². The molecule has 8 N–H and O–H groups in total. The van der Waals surface area contributed by atoms with E-state index in [4.69, 9.17) is 0 Å². The van der Waals surface area contributed by atoms with E-state index in [0.717, 1.165) is 0 Å². The Bertz CT molecular complexity index is 759. The maximum atomic E-state index is 9.91. The molecule has 0 radical (unpaired) electrons. The van der Waals surface area contributed by atoms with E-state index in [9.17, 15) is 40.9 Å². The summed E-state index contributed by atoms with van der Waals surface area (Å²) in [5.41, 5.74) is 1.06. The van der Waals surface area contributed by atoms with Gasteiger partial charge in [-0.05, 0) is 72.9 Å². The molecule has 0 amide bonds. The number of rotatable bonds is 9. The van der Waals surface area contributed by atoms with Crippen LogP contribution in [0.4, 0.5) is 0 Å². The molecule has 0 fully saturated rings. The van der Waals surface area contributed by atoms with Crippen LogP contribution in [0.15, 0.2) is 24.3 Å². The molecular formula is C20H26O8. The zero-order valence-electron chi connectivity index (χ0n) is 15.3. The summed E-state index contributed by atoms with van der Waals surface area (Å²) in [6.07, 6.45) is 1.65. The van der Waals surface area contributed by atoms with Crippen LogP contribution in [0.1, 0.15) is 24.0 Å². The largest absolute Gasteiger partial charge is 0.504 e. The fourth-order valence-electron chi connectivity index (χ4n) is 3.40. The second kappa shape index (κ2) is 9.38. The van der Waals surface area contributed by atoms with Crippen molar-refractivity contribution in [3.63, 3.8) is 0 Å². The molecule has 0 aromatic heterocycles. The normalized spacial score (nSPS) is 13.4. The molecule has 0 bridgehead atoms. The Morgan fingerprint density at radius 1 is 0.607 bits per heavy atom. The lowest BCUT2D eigenvalue weighted by atomic mass is 9.80. The van der Waals surface area contributed by atoms with Crippen molar-refractivity contribution >= 4 is 0 Å². The van der Waals surface area contributed by atoms with E-state index in [0.29, 0.717) is 30.4 Å². The Hall–Kier alpha value is -2.84. The summed E-state index contributed by atoms with van der Waals surface area (Å²) in [6.45, 7) is -0.254. The Kier molecular flexibility index (Phi) is 7.19. The third-order valence-corrected chi connectivity index (χ3v) is 4.89. The number of phenolic OH excluding ortho intramolecular Hbond substituents is 6.